The van der Waals surface area contributed by atoms with Gasteiger partial charge in [-0.3, -0.25) is 9.59 Å². The predicted molar refractivity (Wildman–Crippen MR) is 130 cm³/mol. The molecule has 0 aliphatic heterocycles. The first-order valence-electron chi connectivity index (χ1n) is 12.6. The average molecular weight is 464 g/mol. The molecule has 0 N–H and O–H groups in total. The summed E-state index contributed by atoms with van der Waals surface area (Å²) in [5, 5.41) is 0.597. The second-order valence-corrected chi connectivity index (χ2v) is 12.3. The molecule has 0 amide bonds. The number of hydrogen-bond acceptors (Lipinski definition) is 5. The van der Waals surface area contributed by atoms with E-state index in [0.717, 1.165) is 36.8 Å². The van der Waals surface area contributed by atoms with E-state index in [4.69, 9.17) is 4.42 Å². The smallest absolute Gasteiger partial charge is 0.257 e. The molecule has 4 aliphatic carbocycles. The maximum absolute atomic E-state index is 13.4. The average Bonchev–Trinajstić information content (AvgIpc) is 3.38. The van der Waals surface area contributed by atoms with E-state index < -0.39 is 0 Å². The number of ketones is 2. The minimum absolute atomic E-state index is 0.113. The van der Waals surface area contributed by atoms with Crippen LogP contribution >= 0.6 is 11.8 Å². The third-order valence-electron chi connectivity index (χ3n) is 9.96. The van der Waals surface area contributed by atoms with Crippen molar-refractivity contribution < 1.29 is 14.0 Å². The fraction of sp³-hybridized carbons (Fsp3) is 0.607. The highest BCUT2D eigenvalue weighted by Gasteiger charge is 2.59. The first-order chi connectivity index (χ1) is 15.9. The van der Waals surface area contributed by atoms with Crippen LogP contribution in [0.2, 0.25) is 0 Å². The van der Waals surface area contributed by atoms with E-state index >= 15 is 0 Å². The molecular formula is C28H33NO3S. The highest BCUT2D eigenvalue weighted by Crippen LogP contribution is 2.66. The third-order valence-corrected chi connectivity index (χ3v) is 10.8. The molecule has 3 fully saturated rings. The Hall–Kier alpha value is -1.88. The van der Waals surface area contributed by atoms with Crippen LogP contribution in [0.25, 0.3) is 11.1 Å². The number of carbonyl (C=O) groups excluding carboxylic acids is 2. The number of hydrogen-bond donors (Lipinski definition) is 0. The predicted octanol–water partition coefficient (Wildman–Crippen LogP) is 6.64. The highest BCUT2D eigenvalue weighted by molar-refractivity contribution is 7.99. The Morgan fingerprint density at radius 3 is 2.79 bits per heavy atom. The van der Waals surface area contributed by atoms with Crippen molar-refractivity contribution in [3.05, 3.63) is 35.9 Å². The summed E-state index contributed by atoms with van der Waals surface area (Å²) in [4.78, 5) is 30.0. The number of nitrogens with zero attached hydrogens (tertiary/aromatic N) is 1. The number of thioether (sulfide) groups is 1. The minimum atomic E-state index is 0.113. The second-order valence-electron chi connectivity index (χ2n) is 11.3. The van der Waals surface area contributed by atoms with Gasteiger partial charge in [0.15, 0.2) is 11.4 Å². The van der Waals surface area contributed by atoms with E-state index in [2.05, 4.69) is 18.8 Å². The molecule has 1 heterocycles. The number of aromatic nitrogens is 1. The van der Waals surface area contributed by atoms with Gasteiger partial charge in [-0.1, -0.05) is 43.3 Å². The highest BCUT2D eigenvalue weighted by atomic mass is 32.2. The molecule has 0 radical (unpaired) electrons. The van der Waals surface area contributed by atoms with E-state index in [0.29, 0.717) is 46.7 Å². The molecule has 0 saturated heterocycles. The van der Waals surface area contributed by atoms with Crippen LogP contribution in [-0.4, -0.2) is 22.3 Å². The topological polar surface area (TPSA) is 60.2 Å². The van der Waals surface area contributed by atoms with Crippen LogP contribution in [0, 0.1) is 34.5 Å². The molecule has 6 unspecified atom stereocenters. The molecule has 5 heteroatoms. The zero-order valence-electron chi connectivity index (χ0n) is 19.6. The summed E-state index contributed by atoms with van der Waals surface area (Å²) >= 11 is 1.45. The normalized spacial score (nSPS) is 37.9. The number of fused-ring (bicyclic) bond motifs is 6. The lowest BCUT2D eigenvalue weighted by Gasteiger charge is -2.58. The molecule has 33 heavy (non-hydrogen) atoms. The Bertz CT molecular complexity index is 1120. The largest absolute Gasteiger partial charge is 0.431 e. The molecule has 3 saturated carbocycles. The Morgan fingerprint density at radius 1 is 1.09 bits per heavy atom. The van der Waals surface area contributed by atoms with Crippen molar-refractivity contribution in [3.8, 4) is 0 Å². The molecule has 4 aliphatic rings. The number of benzene rings is 1. The van der Waals surface area contributed by atoms with Crippen LogP contribution in [-0.2, 0) is 9.59 Å². The molecule has 2 aromatic rings. The zero-order valence-corrected chi connectivity index (χ0v) is 20.5. The number of allylic oxidation sites excluding steroid dienone is 1. The zero-order chi connectivity index (χ0) is 22.8. The van der Waals surface area contributed by atoms with E-state index in [1.165, 1.54) is 36.6 Å². The van der Waals surface area contributed by atoms with Crippen LogP contribution in [0.4, 0.5) is 0 Å². The summed E-state index contributed by atoms with van der Waals surface area (Å²) in [5.74, 6) is 3.29. The molecule has 0 bridgehead atoms. The van der Waals surface area contributed by atoms with Gasteiger partial charge in [0.05, 0.1) is 5.75 Å². The molecular weight excluding hydrogens is 430 g/mol. The van der Waals surface area contributed by atoms with Gasteiger partial charge < -0.3 is 4.42 Å². The van der Waals surface area contributed by atoms with Gasteiger partial charge in [-0.2, -0.15) is 0 Å². The van der Waals surface area contributed by atoms with Crippen molar-refractivity contribution in [1.29, 1.82) is 0 Å². The van der Waals surface area contributed by atoms with Gasteiger partial charge in [0.1, 0.15) is 11.3 Å². The monoisotopic (exact) mass is 463 g/mol. The van der Waals surface area contributed by atoms with Gasteiger partial charge in [0, 0.05) is 12.3 Å². The van der Waals surface area contributed by atoms with E-state index in [-0.39, 0.29) is 16.7 Å². The summed E-state index contributed by atoms with van der Waals surface area (Å²) in [6.45, 7) is 4.84. The lowest BCUT2D eigenvalue weighted by molar-refractivity contribution is -0.128. The number of Topliss-reactive ketones (excluding diaryl/α,β-unsaturated/α-hetero) is 1. The summed E-state index contributed by atoms with van der Waals surface area (Å²) in [6, 6.07) is 7.76. The fourth-order valence-electron chi connectivity index (χ4n) is 8.23. The molecule has 6 rings (SSSR count). The van der Waals surface area contributed by atoms with Crippen molar-refractivity contribution in [2.75, 3.05) is 5.75 Å². The Kier molecular flexibility index (Phi) is 5.13. The molecule has 6 atom stereocenters. The molecule has 1 aromatic carbocycles. The first kappa shape index (κ1) is 21.6. The lowest BCUT2D eigenvalue weighted by atomic mass is 9.46. The molecule has 1 aromatic heterocycles. The van der Waals surface area contributed by atoms with Crippen LogP contribution in [0.15, 0.2) is 45.6 Å². The molecule has 4 nitrogen and oxygen atoms in total. The number of rotatable bonds is 4. The van der Waals surface area contributed by atoms with Crippen LogP contribution in [0.3, 0.4) is 0 Å². The van der Waals surface area contributed by atoms with Crippen molar-refractivity contribution in [3.63, 3.8) is 0 Å². The summed E-state index contributed by atoms with van der Waals surface area (Å²) in [7, 11) is 0. The van der Waals surface area contributed by atoms with Gasteiger partial charge in [-0.15, -0.1) is 0 Å². The standard InChI is InChI=1S/C28H33NO3S/c1-27-13-11-18(30)15-17(27)7-8-19-20-9-10-22(28(20,2)14-12-21(19)27)24(31)16-33-26-29-23-5-3-4-6-25(23)32-26/h3-6,15,19-22H,7-14,16H2,1-2H3. The number of oxazole rings is 1. The fourth-order valence-corrected chi connectivity index (χ4v) is 9.01. The minimum Gasteiger partial charge on any atom is -0.431 e. The quantitative estimate of drug-likeness (QED) is 0.476. The Balaban J connectivity index is 1.17. The lowest BCUT2D eigenvalue weighted by Crippen LogP contribution is -2.51. The maximum atomic E-state index is 13.4. The summed E-state index contributed by atoms with van der Waals surface area (Å²) in [6.07, 6.45) is 10.5. The maximum Gasteiger partial charge on any atom is 0.257 e. The van der Waals surface area contributed by atoms with Gasteiger partial charge >= 0.3 is 0 Å². The molecule has 0 spiro atoms. The van der Waals surface area contributed by atoms with E-state index in [9.17, 15) is 9.59 Å². The SMILES string of the molecule is CC12CCC(=O)C=C1CCC1C2CCC2(C)C(C(=O)CSc3nc4ccccc4o3)CCC12. The van der Waals surface area contributed by atoms with Gasteiger partial charge in [-0.25, -0.2) is 4.98 Å². The van der Waals surface area contributed by atoms with Crippen molar-refractivity contribution in [1.82, 2.24) is 4.98 Å². The van der Waals surface area contributed by atoms with Gasteiger partial charge in [0.2, 0.25) is 0 Å². The second kappa shape index (κ2) is 7.83. The van der Waals surface area contributed by atoms with E-state index in [1.54, 1.807) is 0 Å². The summed E-state index contributed by atoms with van der Waals surface area (Å²) < 4.78 is 5.82. The number of para-hydroxylation sites is 2. The van der Waals surface area contributed by atoms with Gasteiger partial charge in [0.25, 0.3) is 5.22 Å². The Morgan fingerprint density at radius 2 is 1.94 bits per heavy atom. The van der Waals surface area contributed by atoms with Crippen molar-refractivity contribution in [2.24, 2.45) is 34.5 Å². The van der Waals surface area contributed by atoms with Gasteiger partial charge in [-0.05, 0) is 91.7 Å². The number of carbonyl (C=O) groups is 2. The first-order valence-corrected chi connectivity index (χ1v) is 13.6. The van der Waals surface area contributed by atoms with Crippen LogP contribution in [0.1, 0.15) is 65.2 Å². The third kappa shape index (κ3) is 3.37. The van der Waals surface area contributed by atoms with Crippen molar-refractivity contribution >= 4 is 34.4 Å². The summed E-state index contributed by atoms with van der Waals surface area (Å²) in [5.41, 5.74) is 3.36. The van der Waals surface area contributed by atoms with Crippen molar-refractivity contribution in [2.45, 2.75) is 70.4 Å². The van der Waals surface area contributed by atoms with Crippen LogP contribution in [0.5, 0.6) is 0 Å². The van der Waals surface area contributed by atoms with Crippen LogP contribution < -0.4 is 0 Å². The van der Waals surface area contributed by atoms with E-state index in [1.807, 2.05) is 30.3 Å². The molecule has 174 valence electrons. The Labute approximate surface area is 200 Å².